The normalized spacial score (nSPS) is 12.5. The molecule has 0 spiro atoms. The highest BCUT2D eigenvalue weighted by Crippen LogP contribution is 2.28. The summed E-state index contributed by atoms with van der Waals surface area (Å²) in [5.41, 5.74) is 1.10. The molecule has 1 unspecified atom stereocenters. The van der Waals surface area contributed by atoms with Crippen molar-refractivity contribution in [2.24, 2.45) is 5.92 Å². The summed E-state index contributed by atoms with van der Waals surface area (Å²) in [5, 5.41) is 0. The second-order valence-corrected chi connectivity index (χ2v) is 4.96. The van der Waals surface area contributed by atoms with Crippen LogP contribution in [0.3, 0.4) is 0 Å². The number of hydrogen-bond donors (Lipinski definition) is 0. The topological polar surface area (TPSA) is 26.3 Å². The standard InChI is InChI=1S/C16H24O2/c1-5-11-18-14-9-7-13(8-10-14)16(12(3)4)15(17)6-2/h7-10,12,16H,5-6,11H2,1-4H3. The number of Topliss-reactive ketones (excluding diaryl/α,β-unsaturated/α-hetero) is 1. The number of hydrogen-bond acceptors (Lipinski definition) is 2. The van der Waals surface area contributed by atoms with E-state index in [4.69, 9.17) is 4.74 Å². The van der Waals surface area contributed by atoms with Gasteiger partial charge in [-0.15, -0.1) is 0 Å². The van der Waals surface area contributed by atoms with Gasteiger partial charge in [0.05, 0.1) is 6.61 Å². The SMILES string of the molecule is CCCOc1ccc(C(C(=O)CC)C(C)C)cc1. The first kappa shape index (κ1) is 14.7. The molecule has 0 saturated carbocycles. The van der Waals surface area contributed by atoms with Crippen LogP contribution in [0.4, 0.5) is 0 Å². The van der Waals surface area contributed by atoms with Crippen molar-refractivity contribution in [2.45, 2.75) is 46.5 Å². The van der Waals surface area contributed by atoms with E-state index >= 15 is 0 Å². The average Bonchev–Trinajstić information content (AvgIpc) is 2.37. The van der Waals surface area contributed by atoms with Crippen molar-refractivity contribution in [2.75, 3.05) is 6.61 Å². The van der Waals surface area contributed by atoms with E-state index in [0.717, 1.165) is 24.3 Å². The molecule has 1 aromatic carbocycles. The van der Waals surface area contributed by atoms with Crippen LogP contribution in [-0.4, -0.2) is 12.4 Å². The van der Waals surface area contributed by atoms with E-state index in [1.165, 1.54) is 0 Å². The van der Waals surface area contributed by atoms with Crippen molar-refractivity contribution in [3.8, 4) is 5.75 Å². The van der Waals surface area contributed by atoms with Crippen LogP contribution < -0.4 is 4.74 Å². The third-order valence-corrected chi connectivity index (χ3v) is 3.07. The molecule has 1 atom stereocenters. The lowest BCUT2D eigenvalue weighted by atomic mass is 9.84. The fourth-order valence-electron chi connectivity index (χ4n) is 2.15. The van der Waals surface area contributed by atoms with Crippen LogP contribution in [0.5, 0.6) is 5.75 Å². The van der Waals surface area contributed by atoms with E-state index in [-0.39, 0.29) is 5.92 Å². The van der Waals surface area contributed by atoms with Gasteiger partial charge < -0.3 is 4.74 Å². The Labute approximate surface area is 110 Å². The van der Waals surface area contributed by atoms with Crippen LogP contribution in [0.25, 0.3) is 0 Å². The minimum atomic E-state index is 0.00947. The van der Waals surface area contributed by atoms with Crippen molar-refractivity contribution >= 4 is 5.78 Å². The number of benzene rings is 1. The molecule has 100 valence electrons. The number of carbonyl (C=O) groups excluding carboxylic acids is 1. The molecule has 0 amide bonds. The zero-order chi connectivity index (χ0) is 13.5. The van der Waals surface area contributed by atoms with E-state index in [9.17, 15) is 4.79 Å². The third-order valence-electron chi connectivity index (χ3n) is 3.07. The van der Waals surface area contributed by atoms with E-state index in [1.54, 1.807) is 0 Å². The molecule has 0 aliphatic carbocycles. The summed E-state index contributed by atoms with van der Waals surface area (Å²) < 4.78 is 5.55. The van der Waals surface area contributed by atoms with Gasteiger partial charge in [-0.25, -0.2) is 0 Å². The fraction of sp³-hybridized carbons (Fsp3) is 0.562. The molecule has 0 aliphatic heterocycles. The molecular weight excluding hydrogens is 224 g/mol. The Balaban J connectivity index is 2.84. The number of rotatable bonds is 7. The van der Waals surface area contributed by atoms with E-state index in [2.05, 4.69) is 20.8 Å². The van der Waals surface area contributed by atoms with Gasteiger partial charge in [-0.3, -0.25) is 4.79 Å². The van der Waals surface area contributed by atoms with E-state index < -0.39 is 0 Å². The molecule has 1 rings (SSSR count). The van der Waals surface area contributed by atoms with Gasteiger partial charge in [0, 0.05) is 12.3 Å². The fourth-order valence-corrected chi connectivity index (χ4v) is 2.15. The minimum Gasteiger partial charge on any atom is -0.494 e. The summed E-state index contributed by atoms with van der Waals surface area (Å²) in [6, 6.07) is 7.96. The predicted molar refractivity (Wildman–Crippen MR) is 75.1 cm³/mol. The molecule has 0 aliphatic rings. The molecule has 2 nitrogen and oxygen atoms in total. The van der Waals surface area contributed by atoms with Crippen LogP contribution in [0.15, 0.2) is 24.3 Å². The lowest BCUT2D eigenvalue weighted by Gasteiger charge is -2.19. The maximum Gasteiger partial charge on any atom is 0.140 e. The zero-order valence-electron chi connectivity index (χ0n) is 11.9. The molecule has 2 heteroatoms. The molecule has 0 saturated heterocycles. The smallest absolute Gasteiger partial charge is 0.140 e. The van der Waals surface area contributed by atoms with Gasteiger partial charge in [0.2, 0.25) is 0 Å². The maximum atomic E-state index is 12.0. The van der Waals surface area contributed by atoms with Gasteiger partial charge in [-0.1, -0.05) is 39.8 Å². The number of ether oxygens (including phenoxy) is 1. The molecule has 0 radical (unpaired) electrons. The lowest BCUT2D eigenvalue weighted by Crippen LogP contribution is -2.17. The third kappa shape index (κ3) is 3.86. The van der Waals surface area contributed by atoms with Crippen molar-refractivity contribution in [1.29, 1.82) is 0 Å². The largest absolute Gasteiger partial charge is 0.494 e. The highest BCUT2D eigenvalue weighted by atomic mass is 16.5. The van der Waals surface area contributed by atoms with Crippen molar-refractivity contribution in [3.05, 3.63) is 29.8 Å². The van der Waals surface area contributed by atoms with Gasteiger partial charge in [-0.2, -0.15) is 0 Å². The summed E-state index contributed by atoms with van der Waals surface area (Å²) in [4.78, 5) is 12.0. The van der Waals surface area contributed by atoms with Gasteiger partial charge in [0.25, 0.3) is 0 Å². The summed E-state index contributed by atoms with van der Waals surface area (Å²) in [7, 11) is 0. The monoisotopic (exact) mass is 248 g/mol. The van der Waals surface area contributed by atoms with Gasteiger partial charge in [0.15, 0.2) is 0 Å². The minimum absolute atomic E-state index is 0.00947. The van der Waals surface area contributed by atoms with Crippen molar-refractivity contribution in [3.63, 3.8) is 0 Å². The lowest BCUT2D eigenvalue weighted by molar-refractivity contribution is -0.121. The molecule has 1 aromatic rings. The molecule has 0 N–H and O–H groups in total. The quantitative estimate of drug-likeness (QED) is 0.723. The van der Waals surface area contributed by atoms with Gasteiger partial charge in [-0.05, 0) is 30.0 Å². The first-order valence-electron chi connectivity index (χ1n) is 6.85. The Morgan fingerprint density at radius 2 is 1.78 bits per heavy atom. The predicted octanol–water partition coefficient (Wildman–Crippen LogP) is 4.19. The van der Waals surface area contributed by atoms with Gasteiger partial charge in [0.1, 0.15) is 11.5 Å². The van der Waals surface area contributed by atoms with Crippen LogP contribution >= 0.6 is 0 Å². The number of ketones is 1. The van der Waals surface area contributed by atoms with Crippen molar-refractivity contribution in [1.82, 2.24) is 0 Å². The molecule has 0 bridgehead atoms. The number of carbonyl (C=O) groups is 1. The van der Waals surface area contributed by atoms with Gasteiger partial charge >= 0.3 is 0 Å². The Hall–Kier alpha value is -1.31. The Bertz CT molecular complexity index is 365. The highest BCUT2D eigenvalue weighted by molar-refractivity contribution is 5.85. The summed E-state index contributed by atoms with van der Waals surface area (Å²) >= 11 is 0. The molecular formula is C16H24O2. The van der Waals surface area contributed by atoms with Crippen LogP contribution in [0, 0.1) is 5.92 Å². The molecule has 0 heterocycles. The van der Waals surface area contributed by atoms with Crippen LogP contribution in [0.1, 0.15) is 52.0 Å². The van der Waals surface area contributed by atoms with E-state index in [1.807, 2.05) is 31.2 Å². The summed E-state index contributed by atoms with van der Waals surface area (Å²) in [5.74, 6) is 1.54. The summed E-state index contributed by atoms with van der Waals surface area (Å²) in [6.07, 6.45) is 1.60. The first-order valence-corrected chi connectivity index (χ1v) is 6.85. The molecule has 0 aromatic heterocycles. The first-order chi connectivity index (χ1) is 8.60. The second kappa shape index (κ2) is 7.20. The second-order valence-electron chi connectivity index (χ2n) is 4.96. The zero-order valence-corrected chi connectivity index (χ0v) is 11.9. The Kier molecular flexibility index (Phi) is 5.90. The van der Waals surface area contributed by atoms with Crippen LogP contribution in [-0.2, 0) is 4.79 Å². The van der Waals surface area contributed by atoms with Crippen LogP contribution in [0.2, 0.25) is 0 Å². The molecule has 18 heavy (non-hydrogen) atoms. The average molecular weight is 248 g/mol. The Morgan fingerprint density at radius 1 is 1.17 bits per heavy atom. The van der Waals surface area contributed by atoms with E-state index in [0.29, 0.717) is 18.1 Å². The van der Waals surface area contributed by atoms with Crippen molar-refractivity contribution < 1.29 is 9.53 Å². The Morgan fingerprint density at radius 3 is 2.22 bits per heavy atom. The molecule has 0 fully saturated rings. The highest BCUT2D eigenvalue weighted by Gasteiger charge is 2.22. The summed E-state index contributed by atoms with van der Waals surface area (Å²) in [6.45, 7) is 8.94. The maximum absolute atomic E-state index is 12.0.